The predicted molar refractivity (Wildman–Crippen MR) is 121 cm³/mol. The predicted octanol–water partition coefficient (Wildman–Crippen LogP) is 4.36. The van der Waals surface area contributed by atoms with Crippen LogP contribution in [0.2, 0.25) is 0 Å². The number of nitrogens with zero attached hydrogens (tertiary/aromatic N) is 2. The highest BCUT2D eigenvalue weighted by atomic mass is 16.2. The molecule has 2 aliphatic heterocycles. The number of rotatable bonds is 4. The smallest absolute Gasteiger partial charge is 0.247 e. The second-order valence-electron chi connectivity index (χ2n) is 9.39. The Kier molecular flexibility index (Phi) is 5.28. The third kappa shape index (κ3) is 3.41. The number of anilines is 1. The lowest BCUT2D eigenvalue weighted by Crippen LogP contribution is -2.62. The van der Waals surface area contributed by atoms with Gasteiger partial charge in [0.2, 0.25) is 5.91 Å². The fraction of sp³-hybridized carbons (Fsp3) is 0.500. The number of carbonyl (C=O) groups excluding carboxylic acids is 1. The molecule has 1 N–H and O–H groups in total. The molecule has 1 saturated carbocycles. The van der Waals surface area contributed by atoms with Gasteiger partial charge in [0.05, 0.1) is 6.67 Å². The zero-order valence-corrected chi connectivity index (χ0v) is 17.9. The number of amides is 1. The summed E-state index contributed by atoms with van der Waals surface area (Å²) in [5.41, 5.74) is 2.47. The molecule has 2 heterocycles. The summed E-state index contributed by atoms with van der Waals surface area (Å²) in [5.74, 6) is 0.215. The van der Waals surface area contributed by atoms with Crippen molar-refractivity contribution < 1.29 is 4.79 Å². The minimum atomic E-state index is -0.388. The third-order valence-corrected chi connectivity index (χ3v) is 7.83. The standard InChI is InChI=1S/C26H33N3O/c30-24-26(29(21-27-24)23-12-6-2-7-13-23)16-18-28(19-17-26)25(14-8-3-9-15-25)20-22-10-4-1-5-11-22/h1-2,4-7,10-13H,3,8-9,14-21H2,(H,27,30). The van der Waals surface area contributed by atoms with Crippen LogP contribution in [0.1, 0.15) is 50.5 Å². The Balaban J connectivity index is 1.37. The highest BCUT2D eigenvalue weighted by molar-refractivity contribution is 5.93. The second kappa shape index (κ2) is 8.07. The Bertz CT molecular complexity index is 852. The lowest BCUT2D eigenvalue weighted by molar-refractivity contribution is -0.126. The summed E-state index contributed by atoms with van der Waals surface area (Å²) in [7, 11) is 0. The van der Waals surface area contributed by atoms with Crippen molar-refractivity contribution in [2.75, 3.05) is 24.7 Å². The SMILES string of the molecule is O=C1NCN(c2ccccc2)C12CCN(C1(Cc3ccccc3)CCCCC1)CC2. The van der Waals surface area contributed by atoms with Gasteiger partial charge < -0.3 is 10.2 Å². The van der Waals surface area contributed by atoms with Crippen molar-refractivity contribution in [1.29, 1.82) is 0 Å². The van der Waals surface area contributed by atoms with Gasteiger partial charge in [-0.05, 0) is 49.8 Å². The van der Waals surface area contributed by atoms with E-state index in [4.69, 9.17) is 0 Å². The number of benzene rings is 2. The minimum Gasteiger partial charge on any atom is -0.339 e. The molecule has 1 amide bonds. The first-order chi connectivity index (χ1) is 14.7. The number of piperidine rings is 1. The van der Waals surface area contributed by atoms with E-state index in [1.54, 1.807) is 0 Å². The quantitative estimate of drug-likeness (QED) is 0.824. The van der Waals surface area contributed by atoms with E-state index in [2.05, 4.69) is 69.7 Å². The molecule has 0 radical (unpaired) electrons. The Morgan fingerprint density at radius 3 is 2.10 bits per heavy atom. The summed E-state index contributed by atoms with van der Waals surface area (Å²) < 4.78 is 0. The molecule has 2 aromatic rings. The van der Waals surface area contributed by atoms with E-state index >= 15 is 0 Å². The number of carbonyl (C=O) groups is 1. The molecule has 1 aliphatic carbocycles. The van der Waals surface area contributed by atoms with Crippen molar-refractivity contribution in [3.05, 3.63) is 66.2 Å². The van der Waals surface area contributed by atoms with Crippen LogP contribution < -0.4 is 10.2 Å². The Hall–Kier alpha value is -2.33. The van der Waals surface area contributed by atoms with Gasteiger partial charge in [0, 0.05) is 24.3 Å². The van der Waals surface area contributed by atoms with Crippen molar-refractivity contribution >= 4 is 11.6 Å². The van der Waals surface area contributed by atoms with Gasteiger partial charge in [-0.15, -0.1) is 0 Å². The Morgan fingerprint density at radius 1 is 0.800 bits per heavy atom. The maximum Gasteiger partial charge on any atom is 0.247 e. The normalized spacial score (nSPS) is 23.5. The van der Waals surface area contributed by atoms with Gasteiger partial charge in [-0.1, -0.05) is 67.8 Å². The van der Waals surface area contributed by atoms with Crippen LogP contribution in [0, 0.1) is 0 Å². The largest absolute Gasteiger partial charge is 0.339 e. The molecule has 0 atom stereocenters. The van der Waals surface area contributed by atoms with Gasteiger partial charge in [-0.2, -0.15) is 0 Å². The Morgan fingerprint density at radius 2 is 1.43 bits per heavy atom. The molecule has 0 aromatic heterocycles. The van der Waals surface area contributed by atoms with Gasteiger partial charge >= 0.3 is 0 Å². The monoisotopic (exact) mass is 403 g/mol. The average Bonchev–Trinajstić information content (AvgIpc) is 3.11. The van der Waals surface area contributed by atoms with Crippen LogP contribution in [0.15, 0.2) is 60.7 Å². The fourth-order valence-corrected chi connectivity index (χ4v) is 6.17. The molecule has 4 nitrogen and oxygen atoms in total. The highest BCUT2D eigenvalue weighted by Crippen LogP contribution is 2.42. The first-order valence-corrected chi connectivity index (χ1v) is 11.6. The number of hydrogen-bond acceptors (Lipinski definition) is 3. The molecule has 5 rings (SSSR count). The summed E-state index contributed by atoms with van der Waals surface area (Å²) in [4.78, 5) is 18.1. The molecule has 2 aromatic carbocycles. The van der Waals surface area contributed by atoms with E-state index < -0.39 is 0 Å². The molecule has 30 heavy (non-hydrogen) atoms. The summed E-state index contributed by atoms with van der Waals surface area (Å²) in [5, 5.41) is 3.14. The molecule has 0 unspecified atom stereocenters. The molecule has 2 saturated heterocycles. The number of hydrogen-bond donors (Lipinski definition) is 1. The van der Waals surface area contributed by atoms with E-state index in [0.29, 0.717) is 6.67 Å². The van der Waals surface area contributed by atoms with Gasteiger partial charge in [-0.25, -0.2) is 0 Å². The number of para-hydroxylation sites is 1. The molecule has 1 spiro atoms. The molecule has 3 aliphatic rings. The van der Waals surface area contributed by atoms with E-state index in [0.717, 1.165) is 38.0 Å². The van der Waals surface area contributed by atoms with Crippen LogP contribution in [0.5, 0.6) is 0 Å². The maximum absolute atomic E-state index is 13.0. The topological polar surface area (TPSA) is 35.6 Å². The molecular weight excluding hydrogens is 370 g/mol. The maximum atomic E-state index is 13.0. The van der Waals surface area contributed by atoms with Crippen LogP contribution in [-0.2, 0) is 11.2 Å². The Labute approximate surface area is 180 Å². The van der Waals surface area contributed by atoms with Gasteiger partial charge in [-0.3, -0.25) is 9.69 Å². The summed E-state index contributed by atoms with van der Waals surface area (Å²) in [6.07, 6.45) is 9.52. The van der Waals surface area contributed by atoms with Crippen LogP contribution in [0.25, 0.3) is 0 Å². The van der Waals surface area contributed by atoms with Crippen LogP contribution in [-0.4, -0.2) is 41.6 Å². The molecule has 158 valence electrons. The minimum absolute atomic E-state index is 0.215. The zero-order chi connectivity index (χ0) is 20.4. The van der Waals surface area contributed by atoms with Crippen molar-refractivity contribution in [3.63, 3.8) is 0 Å². The van der Waals surface area contributed by atoms with E-state index in [-0.39, 0.29) is 17.0 Å². The summed E-state index contributed by atoms with van der Waals surface area (Å²) in [6, 6.07) is 21.4. The van der Waals surface area contributed by atoms with E-state index in [1.165, 1.54) is 37.7 Å². The molecule has 0 bridgehead atoms. The lowest BCUT2D eigenvalue weighted by atomic mass is 9.74. The number of likely N-dealkylation sites (tertiary alicyclic amines) is 1. The van der Waals surface area contributed by atoms with Crippen LogP contribution in [0.4, 0.5) is 5.69 Å². The van der Waals surface area contributed by atoms with E-state index in [1.807, 2.05) is 6.07 Å². The molecule has 4 heteroatoms. The van der Waals surface area contributed by atoms with Gasteiger partial charge in [0.1, 0.15) is 5.54 Å². The van der Waals surface area contributed by atoms with E-state index in [9.17, 15) is 4.79 Å². The highest BCUT2D eigenvalue weighted by Gasteiger charge is 2.52. The lowest BCUT2D eigenvalue weighted by Gasteiger charge is -2.52. The first kappa shape index (κ1) is 19.6. The van der Waals surface area contributed by atoms with Gasteiger partial charge in [0.15, 0.2) is 0 Å². The van der Waals surface area contributed by atoms with Crippen LogP contribution >= 0.6 is 0 Å². The van der Waals surface area contributed by atoms with Crippen molar-refractivity contribution in [1.82, 2.24) is 10.2 Å². The summed E-state index contributed by atoms with van der Waals surface area (Å²) in [6.45, 7) is 2.63. The molecular formula is C26H33N3O. The van der Waals surface area contributed by atoms with Crippen molar-refractivity contribution in [2.24, 2.45) is 0 Å². The van der Waals surface area contributed by atoms with Gasteiger partial charge in [0.25, 0.3) is 0 Å². The summed E-state index contributed by atoms with van der Waals surface area (Å²) >= 11 is 0. The number of nitrogens with one attached hydrogen (secondary N) is 1. The average molecular weight is 404 g/mol. The van der Waals surface area contributed by atoms with Crippen molar-refractivity contribution in [2.45, 2.75) is 62.4 Å². The third-order valence-electron chi connectivity index (χ3n) is 7.83. The first-order valence-electron chi connectivity index (χ1n) is 11.6. The fourth-order valence-electron chi connectivity index (χ4n) is 6.17. The molecule has 3 fully saturated rings. The zero-order valence-electron chi connectivity index (χ0n) is 17.9. The van der Waals surface area contributed by atoms with Crippen molar-refractivity contribution in [3.8, 4) is 0 Å². The second-order valence-corrected chi connectivity index (χ2v) is 9.39. The van der Waals surface area contributed by atoms with Crippen LogP contribution in [0.3, 0.4) is 0 Å².